The monoisotopic (exact) mass is 247 g/mol. The molecule has 0 aliphatic carbocycles. The quantitative estimate of drug-likeness (QED) is 0.863. The van der Waals surface area contributed by atoms with Gasteiger partial charge in [-0.1, -0.05) is 29.8 Å². The number of hydrogen-bond acceptors (Lipinski definition) is 1. The van der Waals surface area contributed by atoms with E-state index < -0.39 is 17.2 Å². The first-order valence-electron chi connectivity index (χ1n) is 5.73. The third-order valence-corrected chi connectivity index (χ3v) is 3.11. The fourth-order valence-corrected chi connectivity index (χ4v) is 2.02. The third-order valence-electron chi connectivity index (χ3n) is 3.11. The van der Waals surface area contributed by atoms with E-state index in [1.807, 2.05) is 31.2 Å². The van der Waals surface area contributed by atoms with Gasteiger partial charge in [-0.2, -0.15) is 0 Å². The molecule has 1 unspecified atom stereocenters. The second kappa shape index (κ2) is 4.50. The summed E-state index contributed by atoms with van der Waals surface area (Å²) in [7, 11) is 0. The van der Waals surface area contributed by atoms with Gasteiger partial charge in [0.15, 0.2) is 0 Å². The predicted molar refractivity (Wildman–Crippen MR) is 68.2 cm³/mol. The van der Waals surface area contributed by atoms with Crippen LogP contribution < -0.4 is 5.73 Å². The predicted octanol–water partition coefficient (Wildman–Crippen LogP) is 3.50. The molecule has 94 valence electrons. The summed E-state index contributed by atoms with van der Waals surface area (Å²) in [6.07, 6.45) is 0. The Labute approximate surface area is 105 Å². The molecule has 0 fully saturated rings. The summed E-state index contributed by atoms with van der Waals surface area (Å²) in [5.74, 6) is -0.987. The van der Waals surface area contributed by atoms with Crippen LogP contribution in [0.15, 0.2) is 42.5 Å². The van der Waals surface area contributed by atoms with E-state index in [2.05, 4.69) is 0 Å². The Hall–Kier alpha value is -1.74. The molecule has 18 heavy (non-hydrogen) atoms. The van der Waals surface area contributed by atoms with Gasteiger partial charge in [0.05, 0.1) is 5.54 Å². The van der Waals surface area contributed by atoms with Crippen LogP contribution in [-0.2, 0) is 5.54 Å². The minimum absolute atomic E-state index is 0.160. The van der Waals surface area contributed by atoms with Crippen molar-refractivity contribution in [2.24, 2.45) is 5.73 Å². The van der Waals surface area contributed by atoms with Crippen molar-refractivity contribution in [3.05, 3.63) is 70.8 Å². The number of aryl methyl sites for hydroxylation is 1. The molecule has 0 amide bonds. The lowest BCUT2D eigenvalue weighted by atomic mass is 9.84. The molecular formula is C15H15F2N. The van der Waals surface area contributed by atoms with E-state index in [0.717, 1.165) is 29.3 Å². The van der Waals surface area contributed by atoms with E-state index >= 15 is 0 Å². The van der Waals surface area contributed by atoms with Crippen molar-refractivity contribution in [3.8, 4) is 0 Å². The molecule has 2 aromatic rings. The Bertz CT molecular complexity index is 576. The summed E-state index contributed by atoms with van der Waals surface area (Å²) < 4.78 is 27.1. The van der Waals surface area contributed by atoms with E-state index in [1.54, 1.807) is 6.92 Å². The van der Waals surface area contributed by atoms with Crippen LogP contribution in [0.25, 0.3) is 0 Å². The first-order chi connectivity index (χ1) is 8.41. The molecule has 1 nitrogen and oxygen atoms in total. The lowest BCUT2D eigenvalue weighted by Gasteiger charge is -2.26. The van der Waals surface area contributed by atoms with Crippen molar-refractivity contribution in [2.75, 3.05) is 0 Å². The lowest BCUT2D eigenvalue weighted by molar-refractivity contribution is 0.518. The Morgan fingerprint density at radius 2 is 1.78 bits per heavy atom. The van der Waals surface area contributed by atoms with Crippen molar-refractivity contribution in [1.29, 1.82) is 0 Å². The van der Waals surface area contributed by atoms with Gasteiger partial charge in [-0.3, -0.25) is 0 Å². The Balaban J connectivity index is 2.57. The fourth-order valence-electron chi connectivity index (χ4n) is 2.02. The topological polar surface area (TPSA) is 26.0 Å². The Kier molecular flexibility index (Phi) is 3.18. The van der Waals surface area contributed by atoms with E-state index in [-0.39, 0.29) is 5.56 Å². The van der Waals surface area contributed by atoms with Crippen LogP contribution in [0.4, 0.5) is 8.78 Å². The van der Waals surface area contributed by atoms with Gasteiger partial charge < -0.3 is 5.73 Å². The van der Waals surface area contributed by atoms with Crippen LogP contribution in [0.3, 0.4) is 0 Å². The second-order valence-corrected chi connectivity index (χ2v) is 4.70. The van der Waals surface area contributed by atoms with Gasteiger partial charge in [0.25, 0.3) is 0 Å². The highest BCUT2D eigenvalue weighted by molar-refractivity contribution is 5.39. The van der Waals surface area contributed by atoms with Crippen molar-refractivity contribution in [1.82, 2.24) is 0 Å². The molecule has 2 N–H and O–H groups in total. The normalized spacial score (nSPS) is 14.3. The van der Waals surface area contributed by atoms with Gasteiger partial charge >= 0.3 is 0 Å². The van der Waals surface area contributed by atoms with Crippen molar-refractivity contribution >= 4 is 0 Å². The summed E-state index contributed by atoms with van der Waals surface area (Å²) in [5.41, 5.74) is 7.08. The molecule has 1 atom stereocenters. The van der Waals surface area contributed by atoms with Crippen LogP contribution in [0.5, 0.6) is 0 Å². The molecule has 2 aromatic carbocycles. The highest BCUT2D eigenvalue weighted by Gasteiger charge is 2.27. The summed E-state index contributed by atoms with van der Waals surface area (Å²) in [6.45, 7) is 3.61. The lowest BCUT2D eigenvalue weighted by Crippen LogP contribution is -2.35. The minimum Gasteiger partial charge on any atom is -0.318 e. The number of benzene rings is 2. The molecule has 0 saturated heterocycles. The van der Waals surface area contributed by atoms with Gasteiger partial charge in [0.1, 0.15) is 11.6 Å². The molecule has 0 heterocycles. The van der Waals surface area contributed by atoms with Crippen LogP contribution >= 0.6 is 0 Å². The van der Waals surface area contributed by atoms with E-state index in [9.17, 15) is 8.78 Å². The maximum atomic E-state index is 13.8. The number of hydrogen-bond donors (Lipinski definition) is 1. The largest absolute Gasteiger partial charge is 0.318 e. The Morgan fingerprint density at radius 3 is 2.44 bits per heavy atom. The van der Waals surface area contributed by atoms with Gasteiger partial charge in [0.2, 0.25) is 0 Å². The molecule has 0 aromatic heterocycles. The molecule has 2 rings (SSSR count). The summed E-state index contributed by atoms with van der Waals surface area (Å²) in [5, 5.41) is 0. The van der Waals surface area contributed by atoms with Crippen LogP contribution in [-0.4, -0.2) is 0 Å². The fraction of sp³-hybridized carbons (Fsp3) is 0.200. The van der Waals surface area contributed by atoms with Crippen molar-refractivity contribution < 1.29 is 8.78 Å². The van der Waals surface area contributed by atoms with Crippen LogP contribution in [0.1, 0.15) is 23.6 Å². The maximum absolute atomic E-state index is 13.8. The third kappa shape index (κ3) is 2.27. The number of rotatable bonds is 2. The van der Waals surface area contributed by atoms with Gasteiger partial charge in [0, 0.05) is 5.56 Å². The standard InChI is InChI=1S/C15H15F2N/c1-10-4-3-5-11(8-10)15(2,18)13-9-12(16)6-7-14(13)17/h3-9H,18H2,1-2H3. The van der Waals surface area contributed by atoms with Gasteiger partial charge in [-0.25, -0.2) is 8.78 Å². The molecule has 0 aliphatic heterocycles. The smallest absolute Gasteiger partial charge is 0.128 e. The Morgan fingerprint density at radius 1 is 1.06 bits per heavy atom. The van der Waals surface area contributed by atoms with Gasteiger partial charge in [-0.05, 0) is 37.6 Å². The first kappa shape index (κ1) is 12.7. The summed E-state index contributed by atoms with van der Waals surface area (Å²) in [4.78, 5) is 0. The number of nitrogens with two attached hydrogens (primary N) is 1. The number of halogens is 2. The zero-order valence-corrected chi connectivity index (χ0v) is 10.4. The highest BCUT2D eigenvalue weighted by atomic mass is 19.1. The van der Waals surface area contributed by atoms with Gasteiger partial charge in [-0.15, -0.1) is 0 Å². The average Bonchev–Trinajstić information content (AvgIpc) is 2.32. The van der Waals surface area contributed by atoms with Crippen molar-refractivity contribution in [3.63, 3.8) is 0 Å². The molecule has 3 heteroatoms. The van der Waals surface area contributed by atoms with E-state index in [0.29, 0.717) is 0 Å². The summed E-state index contributed by atoms with van der Waals surface area (Å²) >= 11 is 0. The van der Waals surface area contributed by atoms with Crippen LogP contribution in [0, 0.1) is 18.6 Å². The highest BCUT2D eigenvalue weighted by Crippen LogP contribution is 2.29. The maximum Gasteiger partial charge on any atom is 0.128 e. The zero-order valence-electron chi connectivity index (χ0n) is 10.4. The average molecular weight is 247 g/mol. The van der Waals surface area contributed by atoms with E-state index in [4.69, 9.17) is 5.73 Å². The SMILES string of the molecule is Cc1cccc(C(C)(N)c2cc(F)ccc2F)c1. The molecule has 0 radical (unpaired) electrons. The van der Waals surface area contributed by atoms with E-state index in [1.165, 1.54) is 0 Å². The summed E-state index contributed by atoms with van der Waals surface area (Å²) in [6, 6.07) is 10.8. The molecule has 0 aliphatic rings. The molecular weight excluding hydrogens is 232 g/mol. The van der Waals surface area contributed by atoms with Crippen LogP contribution in [0.2, 0.25) is 0 Å². The molecule has 0 saturated carbocycles. The minimum atomic E-state index is -1.06. The molecule has 0 spiro atoms. The van der Waals surface area contributed by atoms with Crippen molar-refractivity contribution in [2.45, 2.75) is 19.4 Å². The first-order valence-corrected chi connectivity index (χ1v) is 5.73. The zero-order chi connectivity index (χ0) is 13.3. The second-order valence-electron chi connectivity index (χ2n) is 4.70. The molecule has 0 bridgehead atoms.